The smallest absolute Gasteiger partial charge is 0.235 e. The van der Waals surface area contributed by atoms with E-state index >= 15 is 0 Å². The van der Waals surface area contributed by atoms with Crippen molar-refractivity contribution in [1.29, 1.82) is 5.26 Å². The Morgan fingerprint density at radius 2 is 2.11 bits per heavy atom. The number of nitriles is 1. The summed E-state index contributed by atoms with van der Waals surface area (Å²) in [7, 11) is 0. The zero-order valence-electron chi connectivity index (χ0n) is 20.6. The van der Waals surface area contributed by atoms with Gasteiger partial charge in [-0.25, -0.2) is 0 Å². The highest BCUT2D eigenvalue weighted by molar-refractivity contribution is 7.99. The van der Waals surface area contributed by atoms with Crippen molar-refractivity contribution in [2.24, 2.45) is 5.92 Å². The first kappa shape index (κ1) is 25.3. The lowest BCUT2D eigenvalue weighted by atomic mass is 9.86. The van der Waals surface area contributed by atoms with Gasteiger partial charge in [-0.2, -0.15) is 5.26 Å². The molecule has 0 aliphatic heterocycles. The third-order valence-electron chi connectivity index (χ3n) is 6.40. The number of nitrogens with one attached hydrogen (secondary N) is 1. The summed E-state index contributed by atoms with van der Waals surface area (Å²) in [6, 6.07) is 10.2. The Labute approximate surface area is 214 Å². The Morgan fingerprint density at radius 3 is 2.80 bits per heavy atom. The maximum Gasteiger partial charge on any atom is 0.235 e. The van der Waals surface area contributed by atoms with Crippen LogP contribution in [0.3, 0.4) is 0 Å². The Morgan fingerprint density at radius 1 is 1.34 bits per heavy atom. The minimum absolute atomic E-state index is 0.145. The number of carbonyl (C=O) groups excluding carboxylic acids is 1. The van der Waals surface area contributed by atoms with Crippen molar-refractivity contribution >= 4 is 34.0 Å². The predicted octanol–water partition coefficient (Wildman–Crippen LogP) is 5.93. The van der Waals surface area contributed by atoms with E-state index in [1.165, 1.54) is 22.2 Å². The van der Waals surface area contributed by atoms with Gasteiger partial charge in [-0.05, 0) is 63.6 Å². The van der Waals surface area contributed by atoms with Gasteiger partial charge in [0.25, 0.3) is 0 Å². The molecule has 0 saturated heterocycles. The summed E-state index contributed by atoms with van der Waals surface area (Å²) in [4.78, 5) is 14.0. The summed E-state index contributed by atoms with van der Waals surface area (Å²) in [5.74, 6) is 2.21. The van der Waals surface area contributed by atoms with Gasteiger partial charge in [0, 0.05) is 11.4 Å². The SMILES string of the molecule is CCC1CCc2c(sc(NC(=O)CSc3nnc(C(C)Oc4ccc(C)cc4)n3CC)c2C#N)C1. The topological polar surface area (TPSA) is 92.8 Å². The summed E-state index contributed by atoms with van der Waals surface area (Å²) in [6.45, 7) is 8.89. The fourth-order valence-electron chi connectivity index (χ4n) is 4.38. The van der Waals surface area contributed by atoms with Crippen LogP contribution in [0.25, 0.3) is 0 Å². The number of nitrogens with zero attached hydrogens (tertiary/aromatic N) is 4. The van der Waals surface area contributed by atoms with E-state index in [1.54, 1.807) is 11.3 Å². The van der Waals surface area contributed by atoms with Crippen LogP contribution in [0.2, 0.25) is 0 Å². The van der Waals surface area contributed by atoms with Gasteiger partial charge in [0.15, 0.2) is 17.1 Å². The molecule has 184 valence electrons. The van der Waals surface area contributed by atoms with Crippen LogP contribution in [0, 0.1) is 24.2 Å². The highest BCUT2D eigenvalue weighted by Crippen LogP contribution is 2.40. The number of hydrogen-bond donors (Lipinski definition) is 1. The molecule has 0 fully saturated rings. The van der Waals surface area contributed by atoms with Crippen LogP contribution in [0.1, 0.15) is 67.1 Å². The van der Waals surface area contributed by atoms with E-state index in [9.17, 15) is 10.1 Å². The highest BCUT2D eigenvalue weighted by atomic mass is 32.2. The van der Waals surface area contributed by atoms with Crippen molar-refractivity contribution in [2.75, 3.05) is 11.1 Å². The number of ether oxygens (including phenoxy) is 1. The third-order valence-corrected chi connectivity index (χ3v) is 8.54. The second-order valence-corrected chi connectivity index (χ2v) is 10.9. The molecule has 0 saturated carbocycles. The van der Waals surface area contributed by atoms with E-state index in [4.69, 9.17) is 4.74 Å². The molecule has 9 heteroatoms. The average Bonchev–Trinajstić information content (AvgIpc) is 3.43. The van der Waals surface area contributed by atoms with E-state index in [0.29, 0.717) is 28.2 Å². The molecule has 0 spiro atoms. The minimum Gasteiger partial charge on any atom is -0.483 e. The molecule has 1 aliphatic rings. The number of anilines is 1. The number of thioether (sulfide) groups is 1. The molecule has 2 unspecified atom stereocenters. The first-order valence-electron chi connectivity index (χ1n) is 12.1. The van der Waals surface area contributed by atoms with Crippen LogP contribution < -0.4 is 10.1 Å². The molecule has 1 N–H and O–H groups in total. The Bertz CT molecular complexity index is 1230. The van der Waals surface area contributed by atoms with Gasteiger partial charge in [0.05, 0.1) is 11.3 Å². The lowest BCUT2D eigenvalue weighted by Crippen LogP contribution is -2.15. The van der Waals surface area contributed by atoms with E-state index < -0.39 is 0 Å². The van der Waals surface area contributed by atoms with Gasteiger partial charge in [0.1, 0.15) is 16.8 Å². The quantitative estimate of drug-likeness (QED) is 0.360. The molecular weight excluding hydrogens is 478 g/mol. The van der Waals surface area contributed by atoms with Gasteiger partial charge < -0.3 is 14.6 Å². The number of aryl methyl sites for hydroxylation is 1. The lowest BCUT2D eigenvalue weighted by molar-refractivity contribution is -0.113. The molecule has 4 rings (SSSR count). The summed E-state index contributed by atoms with van der Waals surface area (Å²) < 4.78 is 8.03. The van der Waals surface area contributed by atoms with Crippen molar-refractivity contribution in [3.63, 3.8) is 0 Å². The van der Waals surface area contributed by atoms with Crippen molar-refractivity contribution in [3.8, 4) is 11.8 Å². The standard InChI is InChI=1S/C26H31N5O2S2/c1-5-18-9-12-20-21(14-27)25(35-22(20)13-18)28-23(32)15-34-26-30-29-24(31(26)6-2)17(4)33-19-10-7-16(3)8-11-19/h7-8,10-11,17-18H,5-6,9,12-13,15H2,1-4H3,(H,28,32). The van der Waals surface area contributed by atoms with E-state index in [0.717, 1.165) is 42.8 Å². The number of rotatable bonds is 9. The molecule has 2 aromatic heterocycles. The number of aromatic nitrogens is 3. The van der Waals surface area contributed by atoms with E-state index in [2.05, 4.69) is 28.5 Å². The average molecular weight is 510 g/mol. The molecule has 1 aromatic carbocycles. The zero-order chi connectivity index (χ0) is 24.9. The van der Waals surface area contributed by atoms with Crippen molar-refractivity contribution in [2.45, 2.75) is 71.2 Å². The number of fused-ring (bicyclic) bond motifs is 1. The molecule has 3 aromatic rings. The second-order valence-electron chi connectivity index (χ2n) is 8.83. The highest BCUT2D eigenvalue weighted by Gasteiger charge is 2.26. The summed E-state index contributed by atoms with van der Waals surface area (Å²) >= 11 is 2.90. The van der Waals surface area contributed by atoms with Gasteiger partial charge in [0.2, 0.25) is 5.91 Å². The molecular formula is C26H31N5O2S2. The number of thiophene rings is 1. The maximum atomic E-state index is 12.8. The van der Waals surface area contributed by atoms with Crippen LogP contribution in [0.4, 0.5) is 5.00 Å². The van der Waals surface area contributed by atoms with Gasteiger partial charge in [-0.1, -0.05) is 42.8 Å². The summed E-state index contributed by atoms with van der Waals surface area (Å²) in [5, 5.41) is 22.7. The molecule has 1 amide bonds. The minimum atomic E-state index is -0.282. The molecule has 0 bridgehead atoms. The van der Waals surface area contributed by atoms with Gasteiger partial charge >= 0.3 is 0 Å². The number of benzene rings is 1. The first-order chi connectivity index (χ1) is 16.9. The molecule has 2 heterocycles. The summed E-state index contributed by atoms with van der Waals surface area (Å²) in [6.07, 6.45) is 3.89. The molecule has 2 atom stereocenters. The normalized spacial score (nSPS) is 15.8. The predicted molar refractivity (Wildman–Crippen MR) is 140 cm³/mol. The number of hydrogen-bond acceptors (Lipinski definition) is 7. The Balaban J connectivity index is 1.40. The summed E-state index contributed by atoms with van der Waals surface area (Å²) in [5.41, 5.74) is 2.94. The number of amides is 1. The van der Waals surface area contributed by atoms with Crippen molar-refractivity contribution in [3.05, 3.63) is 51.7 Å². The monoisotopic (exact) mass is 509 g/mol. The van der Waals surface area contributed by atoms with Crippen molar-refractivity contribution in [1.82, 2.24) is 14.8 Å². The molecule has 35 heavy (non-hydrogen) atoms. The number of carbonyl (C=O) groups is 1. The third kappa shape index (κ3) is 5.71. The lowest BCUT2D eigenvalue weighted by Gasteiger charge is -2.20. The van der Waals surface area contributed by atoms with Gasteiger partial charge in [-0.15, -0.1) is 21.5 Å². The molecule has 7 nitrogen and oxygen atoms in total. The Kier molecular flexibility index (Phi) is 8.14. The largest absolute Gasteiger partial charge is 0.483 e. The van der Waals surface area contributed by atoms with Gasteiger partial charge in [-0.3, -0.25) is 4.79 Å². The fourth-order valence-corrected chi connectivity index (χ4v) is 6.52. The van der Waals surface area contributed by atoms with Crippen LogP contribution in [0.15, 0.2) is 29.4 Å². The van der Waals surface area contributed by atoms with Crippen LogP contribution in [-0.4, -0.2) is 26.4 Å². The van der Waals surface area contributed by atoms with E-state index in [1.807, 2.05) is 49.6 Å². The maximum absolute atomic E-state index is 12.8. The zero-order valence-corrected chi connectivity index (χ0v) is 22.3. The van der Waals surface area contributed by atoms with Crippen molar-refractivity contribution < 1.29 is 9.53 Å². The molecule has 0 radical (unpaired) electrons. The van der Waals surface area contributed by atoms with Crippen LogP contribution in [0.5, 0.6) is 5.75 Å². The second kappa shape index (κ2) is 11.3. The van der Waals surface area contributed by atoms with Crippen LogP contribution in [-0.2, 0) is 24.2 Å². The first-order valence-corrected chi connectivity index (χ1v) is 13.9. The molecule has 1 aliphatic carbocycles. The van der Waals surface area contributed by atoms with Crippen LogP contribution >= 0.6 is 23.1 Å². The Hall–Kier alpha value is -2.83. The van der Waals surface area contributed by atoms with E-state index in [-0.39, 0.29) is 17.8 Å². The fraction of sp³-hybridized carbons (Fsp3) is 0.462.